The first-order valence-corrected chi connectivity index (χ1v) is 10.4. The molecule has 164 valence electrons. The van der Waals surface area contributed by atoms with Crippen molar-refractivity contribution >= 4 is 17.4 Å². The number of piperazine rings is 1. The number of hydrogen-bond donors (Lipinski definition) is 1. The van der Waals surface area contributed by atoms with Crippen LogP contribution in [0.5, 0.6) is 5.88 Å². The molecule has 2 N–H and O–H groups in total. The summed E-state index contributed by atoms with van der Waals surface area (Å²) in [5.74, 6) is 1.40. The Kier molecular flexibility index (Phi) is 5.53. The molecule has 3 aromatic rings. The second-order valence-corrected chi connectivity index (χ2v) is 8.83. The van der Waals surface area contributed by atoms with Gasteiger partial charge in [0.25, 0.3) is 0 Å². The van der Waals surface area contributed by atoms with Crippen LogP contribution in [0.3, 0.4) is 0 Å². The molecule has 1 aliphatic heterocycles. The standard InChI is InChI=1S/C22H29N7O2/c1-22(2,3)18(23)21(30)28-12-10-27(11-13-28)17-7-9-29-19(26-17)16(14-25-29)15-6-5-8-24-20(15)31-4/h5-9,14,18H,10-13,23H2,1-4H3/t18-/m1/s1. The number of nitrogens with two attached hydrogens (primary N) is 1. The van der Waals surface area contributed by atoms with Crippen LogP contribution < -0.4 is 15.4 Å². The van der Waals surface area contributed by atoms with E-state index in [-0.39, 0.29) is 11.3 Å². The summed E-state index contributed by atoms with van der Waals surface area (Å²) in [4.78, 5) is 25.9. The molecule has 0 radical (unpaired) electrons. The predicted octanol–water partition coefficient (Wildman–Crippen LogP) is 1.82. The molecule has 0 spiro atoms. The van der Waals surface area contributed by atoms with Crippen molar-refractivity contribution in [2.75, 3.05) is 38.2 Å². The second kappa shape index (κ2) is 8.14. The Hall–Kier alpha value is -3.20. The van der Waals surface area contributed by atoms with Crippen LogP contribution in [0, 0.1) is 5.41 Å². The van der Waals surface area contributed by atoms with Gasteiger partial charge in [-0.3, -0.25) is 4.79 Å². The third kappa shape index (κ3) is 4.05. The van der Waals surface area contributed by atoms with Crippen LogP contribution in [0.2, 0.25) is 0 Å². The zero-order valence-electron chi connectivity index (χ0n) is 18.4. The monoisotopic (exact) mass is 423 g/mol. The smallest absolute Gasteiger partial charge is 0.240 e. The van der Waals surface area contributed by atoms with Gasteiger partial charge in [0.2, 0.25) is 11.8 Å². The Bertz CT molecular complexity index is 1080. The van der Waals surface area contributed by atoms with Crippen LogP contribution in [0.25, 0.3) is 16.8 Å². The fraction of sp³-hybridized carbons (Fsp3) is 0.455. The summed E-state index contributed by atoms with van der Waals surface area (Å²) in [6.45, 7) is 8.62. The van der Waals surface area contributed by atoms with Crippen molar-refractivity contribution < 1.29 is 9.53 Å². The van der Waals surface area contributed by atoms with Crippen LogP contribution in [-0.2, 0) is 4.79 Å². The van der Waals surface area contributed by atoms with E-state index >= 15 is 0 Å². The molecule has 1 amide bonds. The predicted molar refractivity (Wildman–Crippen MR) is 119 cm³/mol. The van der Waals surface area contributed by atoms with E-state index in [9.17, 15) is 4.79 Å². The van der Waals surface area contributed by atoms with Gasteiger partial charge in [-0.1, -0.05) is 20.8 Å². The quantitative estimate of drug-likeness (QED) is 0.683. The number of carbonyl (C=O) groups is 1. The molecule has 0 unspecified atom stereocenters. The second-order valence-electron chi connectivity index (χ2n) is 8.83. The van der Waals surface area contributed by atoms with Crippen molar-refractivity contribution in [3.63, 3.8) is 0 Å². The van der Waals surface area contributed by atoms with Crippen molar-refractivity contribution in [2.24, 2.45) is 11.1 Å². The Morgan fingerprint density at radius 3 is 2.58 bits per heavy atom. The normalized spacial score (nSPS) is 15.9. The van der Waals surface area contributed by atoms with Crippen LogP contribution in [-0.4, -0.2) is 69.7 Å². The molecule has 1 fully saturated rings. The zero-order valence-corrected chi connectivity index (χ0v) is 18.4. The fourth-order valence-corrected chi connectivity index (χ4v) is 3.71. The van der Waals surface area contributed by atoms with Crippen molar-refractivity contribution in [2.45, 2.75) is 26.8 Å². The minimum atomic E-state index is -0.502. The summed E-state index contributed by atoms with van der Waals surface area (Å²) >= 11 is 0. The van der Waals surface area contributed by atoms with Gasteiger partial charge < -0.3 is 20.3 Å². The van der Waals surface area contributed by atoms with Crippen molar-refractivity contribution in [1.82, 2.24) is 24.5 Å². The number of aromatic nitrogens is 4. The first-order valence-electron chi connectivity index (χ1n) is 10.4. The Morgan fingerprint density at radius 2 is 1.90 bits per heavy atom. The molecule has 4 rings (SSSR count). The maximum Gasteiger partial charge on any atom is 0.240 e. The molecule has 1 saturated heterocycles. The zero-order chi connectivity index (χ0) is 22.2. The number of rotatable bonds is 4. The SMILES string of the molecule is COc1ncccc1-c1cnn2ccc(N3CCN(C(=O)[C@@H](N)C(C)(C)C)CC3)nc12. The van der Waals surface area contributed by atoms with Crippen molar-refractivity contribution in [1.29, 1.82) is 0 Å². The Balaban J connectivity index is 1.55. The lowest BCUT2D eigenvalue weighted by Crippen LogP contribution is -2.56. The van der Waals surface area contributed by atoms with E-state index in [2.05, 4.69) is 15.0 Å². The van der Waals surface area contributed by atoms with Gasteiger partial charge in [0, 0.05) is 44.1 Å². The summed E-state index contributed by atoms with van der Waals surface area (Å²) in [5.41, 5.74) is 8.35. The molecule has 9 nitrogen and oxygen atoms in total. The Labute approximate surface area is 181 Å². The molecular weight excluding hydrogens is 394 g/mol. The van der Waals surface area contributed by atoms with Crippen LogP contribution in [0.1, 0.15) is 20.8 Å². The van der Waals surface area contributed by atoms with Gasteiger partial charge in [-0.15, -0.1) is 0 Å². The molecular formula is C22H29N7O2. The van der Waals surface area contributed by atoms with Gasteiger partial charge in [0.05, 0.1) is 24.9 Å². The minimum absolute atomic E-state index is 0.0114. The van der Waals surface area contributed by atoms with E-state index in [4.69, 9.17) is 15.5 Å². The molecule has 0 bridgehead atoms. The fourth-order valence-electron chi connectivity index (χ4n) is 3.71. The number of carbonyl (C=O) groups excluding carboxylic acids is 1. The highest BCUT2D eigenvalue weighted by molar-refractivity contribution is 5.83. The molecule has 0 aliphatic carbocycles. The van der Waals surface area contributed by atoms with Crippen molar-refractivity contribution in [3.05, 3.63) is 36.8 Å². The van der Waals surface area contributed by atoms with Gasteiger partial charge in [0.15, 0.2) is 5.65 Å². The topological polar surface area (TPSA) is 102 Å². The molecule has 9 heteroatoms. The Morgan fingerprint density at radius 1 is 1.16 bits per heavy atom. The van der Waals surface area contributed by atoms with Crippen LogP contribution >= 0.6 is 0 Å². The molecule has 4 heterocycles. The number of nitrogens with zero attached hydrogens (tertiary/aromatic N) is 6. The number of hydrogen-bond acceptors (Lipinski definition) is 7. The van der Waals surface area contributed by atoms with Crippen LogP contribution in [0.4, 0.5) is 5.82 Å². The lowest BCUT2D eigenvalue weighted by atomic mass is 9.86. The maximum absolute atomic E-state index is 12.7. The van der Waals surface area contributed by atoms with E-state index in [1.54, 1.807) is 24.0 Å². The number of pyridine rings is 1. The molecule has 3 aromatic heterocycles. The highest BCUT2D eigenvalue weighted by atomic mass is 16.5. The molecule has 1 aliphatic rings. The number of amides is 1. The third-order valence-electron chi connectivity index (χ3n) is 5.72. The maximum atomic E-state index is 12.7. The van der Waals surface area contributed by atoms with Crippen molar-refractivity contribution in [3.8, 4) is 17.0 Å². The largest absolute Gasteiger partial charge is 0.481 e. The lowest BCUT2D eigenvalue weighted by Gasteiger charge is -2.38. The average molecular weight is 424 g/mol. The average Bonchev–Trinajstić information content (AvgIpc) is 3.20. The van der Waals surface area contributed by atoms with E-state index < -0.39 is 6.04 Å². The number of fused-ring (bicyclic) bond motifs is 1. The van der Waals surface area contributed by atoms with E-state index in [1.807, 2.05) is 50.1 Å². The first kappa shape index (κ1) is 21.0. The van der Waals surface area contributed by atoms with Gasteiger partial charge in [-0.05, 0) is 23.6 Å². The summed E-state index contributed by atoms with van der Waals surface area (Å²) in [6, 6.07) is 5.25. The number of methoxy groups -OCH3 is 1. The van der Waals surface area contributed by atoms with Crippen LogP contribution in [0.15, 0.2) is 36.8 Å². The first-order chi connectivity index (χ1) is 14.8. The van der Waals surface area contributed by atoms with E-state index in [1.165, 1.54) is 0 Å². The summed E-state index contributed by atoms with van der Waals surface area (Å²) < 4.78 is 7.15. The van der Waals surface area contributed by atoms with E-state index in [0.29, 0.717) is 32.1 Å². The van der Waals surface area contributed by atoms with Gasteiger partial charge in [-0.25, -0.2) is 14.5 Å². The minimum Gasteiger partial charge on any atom is -0.481 e. The molecule has 0 saturated carbocycles. The molecule has 31 heavy (non-hydrogen) atoms. The number of anilines is 1. The van der Waals surface area contributed by atoms with Gasteiger partial charge >= 0.3 is 0 Å². The lowest BCUT2D eigenvalue weighted by molar-refractivity contribution is -0.135. The van der Waals surface area contributed by atoms with E-state index in [0.717, 1.165) is 22.6 Å². The third-order valence-corrected chi connectivity index (χ3v) is 5.72. The highest BCUT2D eigenvalue weighted by Crippen LogP contribution is 2.31. The highest BCUT2D eigenvalue weighted by Gasteiger charge is 2.32. The molecule has 1 atom stereocenters. The summed E-state index contributed by atoms with van der Waals surface area (Å²) in [6.07, 6.45) is 5.37. The van der Waals surface area contributed by atoms with Gasteiger partial charge in [0.1, 0.15) is 5.82 Å². The molecule has 0 aromatic carbocycles. The number of ether oxygens (including phenoxy) is 1. The summed E-state index contributed by atoms with van der Waals surface area (Å²) in [5, 5.41) is 4.42. The summed E-state index contributed by atoms with van der Waals surface area (Å²) in [7, 11) is 1.60. The van der Waals surface area contributed by atoms with Gasteiger partial charge in [-0.2, -0.15) is 5.10 Å².